The van der Waals surface area contributed by atoms with Crippen LogP contribution in [0.15, 0.2) is 42.5 Å². The van der Waals surface area contributed by atoms with E-state index in [0.29, 0.717) is 44.8 Å². The first-order valence-corrected chi connectivity index (χ1v) is 11.9. The van der Waals surface area contributed by atoms with E-state index < -0.39 is 0 Å². The molecule has 2 aliphatic rings. The highest BCUT2D eigenvalue weighted by Crippen LogP contribution is 2.30. The Morgan fingerprint density at radius 1 is 1.15 bits per heavy atom. The van der Waals surface area contributed by atoms with Crippen molar-refractivity contribution >= 4 is 11.4 Å². The van der Waals surface area contributed by atoms with Crippen molar-refractivity contribution in [1.82, 2.24) is 9.96 Å². The van der Waals surface area contributed by atoms with Gasteiger partial charge in [0.2, 0.25) is 0 Å². The largest absolute Gasteiger partial charge is 0.395 e. The molecule has 2 N–H and O–H groups in total. The smallest absolute Gasteiger partial charge is 0.292 e. The fraction of sp³-hybridized carbons (Fsp3) is 0.520. The second kappa shape index (κ2) is 11.2. The molecule has 2 unspecified atom stereocenters. The van der Waals surface area contributed by atoms with E-state index in [4.69, 9.17) is 4.84 Å². The summed E-state index contributed by atoms with van der Waals surface area (Å²) < 4.78 is 0. The molecule has 2 aliphatic heterocycles. The normalized spacial score (nSPS) is 21.6. The highest BCUT2D eigenvalue weighted by Gasteiger charge is 2.27. The number of aliphatic hydroxyl groups excluding tert-OH is 2. The second-order valence-electron chi connectivity index (χ2n) is 9.29. The van der Waals surface area contributed by atoms with Gasteiger partial charge in [-0.2, -0.15) is 5.06 Å². The summed E-state index contributed by atoms with van der Waals surface area (Å²) in [5, 5.41) is 33.3. The van der Waals surface area contributed by atoms with E-state index in [1.54, 1.807) is 6.07 Å². The first-order valence-electron chi connectivity index (χ1n) is 11.9. The third kappa shape index (κ3) is 6.11. The molecule has 0 bridgehead atoms. The lowest BCUT2D eigenvalue weighted by molar-refractivity contribution is -0.384. The number of benzene rings is 2. The average molecular weight is 471 g/mol. The second-order valence-corrected chi connectivity index (χ2v) is 9.29. The molecule has 2 heterocycles. The minimum atomic E-state index is -0.349. The quantitative estimate of drug-likeness (QED) is 0.426. The zero-order valence-electron chi connectivity index (χ0n) is 19.7. The monoisotopic (exact) mass is 470 g/mol. The number of nitro groups is 1. The van der Waals surface area contributed by atoms with Crippen molar-refractivity contribution in [3.05, 3.63) is 69.3 Å². The molecule has 0 radical (unpaired) electrons. The fourth-order valence-corrected chi connectivity index (χ4v) is 4.86. The Kier molecular flexibility index (Phi) is 8.12. The van der Waals surface area contributed by atoms with Crippen LogP contribution in [-0.4, -0.2) is 70.6 Å². The van der Waals surface area contributed by atoms with Crippen molar-refractivity contribution in [2.75, 3.05) is 38.3 Å². The fourth-order valence-electron chi connectivity index (χ4n) is 4.86. The Hall–Kier alpha value is -2.56. The summed E-state index contributed by atoms with van der Waals surface area (Å²) in [5.74, 6) is 0. The van der Waals surface area contributed by atoms with E-state index >= 15 is 0 Å². The van der Waals surface area contributed by atoms with Crippen molar-refractivity contribution in [2.45, 2.75) is 51.0 Å². The molecule has 34 heavy (non-hydrogen) atoms. The molecule has 2 aromatic rings. The molecule has 184 valence electrons. The van der Waals surface area contributed by atoms with E-state index in [-0.39, 0.29) is 29.4 Å². The zero-order chi connectivity index (χ0) is 24.1. The molecule has 0 spiro atoms. The molecule has 0 amide bonds. The van der Waals surface area contributed by atoms with Crippen LogP contribution in [0.4, 0.5) is 11.4 Å². The number of likely N-dealkylation sites (tertiary alicyclic amines) is 1. The summed E-state index contributed by atoms with van der Waals surface area (Å²) in [6.45, 7) is 4.08. The van der Waals surface area contributed by atoms with Gasteiger partial charge in [0, 0.05) is 51.9 Å². The number of nitro benzene ring substituents is 1. The van der Waals surface area contributed by atoms with Crippen molar-refractivity contribution in [3.8, 4) is 0 Å². The number of piperidine rings is 1. The molecular formula is C25H34N4O5. The standard InChI is InChI=1S/C25H34N4O5/c1-26(24-7-6-21(13-25(24)29(32)33)17-28-9-3-11-34-28)15-19-4-2-5-20(12-19)16-27-10-8-23(31)14-22(27)18-30/h2,4-7,12-13,22-23,30-31H,3,8-11,14-18H2,1H3. The number of nitrogens with zero attached hydrogens (tertiary/aromatic N) is 4. The summed E-state index contributed by atoms with van der Waals surface area (Å²) in [7, 11) is 1.87. The predicted octanol–water partition coefficient (Wildman–Crippen LogP) is 2.69. The summed E-state index contributed by atoms with van der Waals surface area (Å²) in [4.78, 5) is 21.1. The molecule has 4 rings (SSSR count). The van der Waals surface area contributed by atoms with E-state index in [0.717, 1.165) is 36.2 Å². The summed E-state index contributed by atoms with van der Waals surface area (Å²) in [6.07, 6.45) is 1.92. The number of hydrogen-bond donors (Lipinski definition) is 2. The molecular weight excluding hydrogens is 436 g/mol. The molecule has 0 saturated carbocycles. The van der Waals surface area contributed by atoms with Crippen LogP contribution < -0.4 is 4.90 Å². The Morgan fingerprint density at radius 3 is 2.68 bits per heavy atom. The van der Waals surface area contributed by atoms with E-state index in [9.17, 15) is 20.3 Å². The minimum absolute atomic E-state index is 0.0308. The third-order valence-corrected chi connectivity index (χ3v) is 6.65. The van der Waals surface area contributed by atoms with Gasteiger partial charge in [0.05, 0.1) is 24.2 Å². The highest BCUT2D eigenvalue weighted by atomic mass is 16.7. The minimum Gasteiger partial charge on any atom is -0.395 e. The SMILES string of the molecule is CN(Cc1cccc(CN2CCC(O)CC2CO)c1)c1ccc(CN2CCCO2)cc1[N+](=O)[O-]. The molecule has 0 aromatic heterocycles. The Labute approximate surface area is 200 Å². The van der Waals surface area contributed by atoms with Gasteiger partial charge in [0.15, 0.2) is 0 Å². The summed E-state index contributed by atoms with van der Waals surface area (Å²) in [5.41, 5.74) is 3.70. The van der Waals surface area contributed by atoms with Gasteiger partial charge in [-0.1, -0.05) is 30.3 Å². The van der Waals surface area contributed by atoms with Crippen LogP contribution in [-0.2, 0) is 24.5 Å². The summed E-state index contributed by atoms with van der Waals surface area (Å²) in [6, 6.07) is 13.5. The van der Waals surface area contributed by atoms with Crippen molar-refractivity contribution < 1.29 is 20.0 Å². The van der Waals surface area contributed by atoms with Crippen molar-refractivity contribution in [1.29, 1.82) is 0 Å². The number of anilines is 1. The lowest BCUT2D eigenvalue weighted by atomic mass is 9.99. The van der Waals surface area contributed by atoms with E-state index in [1.165, 1.54) is 0 Å². The first kappa shape index (κ1) is 24.6. The maximum Gasteiger partial charge on any atom is 0.292 e. The maximum absolute atomic E-state index is 11.8. The Bertz CT molecular complexity index is 982. The molecule has 2 fully saturated rings. The molecule has 9 nitrogen and oxygen atoms in total. The number of hydroxylamine groups is 2. The van der Waals surface area contributed by atoms with Gasteiger partial charge in [0.1, 0.15) is 5.69 Å². The first-order chi connectivity index (χ1) is 16.4. The van der Waals surface area contributed by atoms with Gasteiger partial charge >= 0.3 is 0 Å². The number of rotatable bonds is 9. The average Bonchev–Trinajstić information content (AvgIpc) is 3.33. The molecule has 2 saturated heterocycles. The third-order valence-electron chi connectivity index (χ3n) is 6.65. The Balaban J connectivity index is 1.45. The van der Waals surface area contributed by atoms with Crippen molar-refractivity contribution in [3.63, 3.8) is 0 Å². The lowest BCUT2D eigenvalue weighted by Gasteiger charge is -2.37. The van der Waals surface area contributed by atoms with Gasteiger partial charge in [0.25, 0.3) is 5.69 Å². The van der Waals surface area contributed by atoms with E-state index in [1.807, 2.05) is 41.3 Å². The van der Waals surface area contributed by atoms with Gasteiger partial charge in [-0.05, 0) is 42.0 Å². The highest BCUT2D eigenvalue weighted by molar-refractivity contribution is 5.64. The van der Waals surface area contributed by atoms with Crippen LogP contribution in [0.25, 0.3) is 0 Å². The summed E-state index contributed by atoms with van der Waals surface area (Å²) >= 11 is 0. The molecule has 0 aliphatic carbocycles. The topological polar surface area (TPSA) is 103 Å². The van der Waals surface area contributed by atoms with Gasteiger partial charge in [-0.15, -0.1) is 0 Å². The van der Waals surface area contributed by atoms with Crippen LogP contribution >= 0.6 is 0 Å². The predicted molar refractivity (Wildman–Crippen MR) is 129 cm³/mol. The van der Waals surface area contributed by atoms with Gasteiger partial charge in [-0.25, -0.2) is 0 Å². The van der Waals surface area contributed by atoms with Crippen LogP contribution in [0.5, 0.6) is 0 Å². The van der Waals surface area contributed by atoms with Crippen LogP contribution in [0.3, 0.4) is 0 Å². The maximum atomic E-state index is 11.8. The number of aliphatic hydroxyl groups is 2. The van der Waals surface area contributed by atoms with Crippen LogP contribution in [0.1, 0.15) is 36.0 Å². The Morgan fingerprint density at radius 2 is 1.94 bits per heavy atom. The molecule has 2 atom stereocenters. The van der Waals surface area contributed by atoms with E-state index in [2.05, 4.69) is 17.0 Å². The van der Waals surface area contributed by atoms with Crippen LogP contribution in [0, 0.1) is 10.1 Å². The van der Waals surface area contributed by atoms with Crippen molar-refractivity contribution in [2.24, 2.45) is 0 Å². The number of hydrogen-bond acceptors (Lipinski definition) is 8. The molecule has 9 heteroatoms. The van der Waals surface area contributed by atoms with Gasteiger partial charge in [-0.3, -0.25) is 19.9 Å². The molecule has 2 aromatic carbocycles. The van der Waals surface area contributed by atoms with Crippen LogP contribution in [0.2, 0.25) is 0 Å². The lowest BCUT2D eigenvalue weighted by Crippen LogP contribution is -2.45. The zero-order valence-corrected chi connectivity index (χ0v) is 19.7. The van der Waals surface area contributed by atoms with Gasteiger partial charge < -0.3 is 15.1 Å².